The highest BCUT2D eigenvalue weighted by atomic mass is 16.3. The number of carbonyl (C=O) groups excluding carboxylic acids is 2. The second-order valence-corrected chi connectivity index (χ2v) is 11.0. The lowest BCUT2D eigenvalue weighted by atomic mass is 9.97. The van der Waals surface area contributed by atoms with E-state index < -0.39 is 6.04 Å². The van der Waals surface area contributed by atoms with Gasteiger partial charge in [0.1, 0.15) is 6.04 Å². The molecule has 2 aromatic rings. The fraction of sp³-hybridized carbons (Fsp3) is 0.438. The molecule has 1 aromatic heterocycles. The van der Waals surface area contributed by atoms with Crippen LogP contribution in [0.5, 0.6) is 0 Å². The minimum Gasteiger partial charge on any atom is -0.513 e. The number of aliphatic hydroxyl groups excluding tert-OH is 1. The molecular weight excluding hydrogens is 544 g/mol. The number of aromatic nitrogens is 1. The summed E-state index contributed by atoms with van der Waals surface area (Å²) in [6, 6.07) is 8.65. The molecule has 1 atom stereocenters. The summed E-state index contributed by atoms with van der Waals surface area (Å²) in [7, 11) is 3.74. The van der Waals surface area contributed by atoms with Gasteiger partial charge in [0.2, 0.25) is 5.91 Å². The zero-order valence-corrected chi connectivity index (χ0v) is 25.6. The van der Waals surface area contributed by atoms with Gasteiger partial charge in [0.05, 0.1) is 29.0 Å². The molecule has 4 rings (SSSR count). The number of anilines is 3. The van der Waals surface area contributed by atoms with Gasteiger partial charge < -0.3 is 36.6 Å². The number of rotatable bonds is 10. The van der Waals surface area contributed by atoms with Crippen molar-refractivity contribution in [3.63, 3.8) is 0 Å². The third kappa shape index (κ3) is 10.8. The second-order valence-electron chi connectivity index (χ2n) is 11.0. The standard InChI is InChI=1S/C29H40N8O2.C3H6O/c1-31-19-24(18-30)34-29(39)25(16-21-6-3-4-7-21)35-28(38)22-8-5-9-23(17-22)33-26-20-32-11-10-27(26)37-14-12-36(2)13-15-37;1-3(2)4/h5,8-11,17-21,25,33H,3-4,6-7,12-16,30H2,1-2H3,(H,34,39)(H,35,38);4H,1H2,2H3/b24-18+,31-19?;. The van der Waals surface area contributed by atoms with Crippen molar-refractivity contribution in [2.75, 3.05) is 50.5 Å². The van der Waals surface area contributed by atoms with Crippen molar-refractivity contribution < 1.29 is 14.7 Å². The number of pyridine rings is 1. The molecule has 1 saturated carbocycles. The Labute approximate surface area is 255 Å². The zero-order valence-electron chi connectivity index (χ0n) is 25.6. The predicted molar refractivity (Wildman–Crippen MR) is 174 cm³/mol. The van der Waals surface area contributed by atoms with Crippen molar-refractivity contribution in [2.45, 2.75) is 45.1 Å². The van der Waals surface area contributed by atoms with Crippen molar-refractivity contribution in [2.24, 2.45) is 16.6 Å². The number of benzene rings is 1. The molecule has 2 amide bonds. The van der Waals surface area contributed by atoms with Gasteiger partial charge >= 0.3 is 0 Å². The highest BCUT2D eigenvalue weighted by molar-refractivity contribution is 5.99. The molecule has 11 heteroatoms. The number of hydrogen-bond donors (Lipinski definition) is 5. The second kappa shape index (κ2) is 16.9. The number of nitrogens with zero attached hydrogens (tertiary/aromatic N) is 4. The van der Waals surface area contributed by atoms with Crippen LogP contribution in [0.2, 0.25) is 0 Å². The smallest absolute Gasteiger partial charge is 0.252 e. The van der Waals surface area contributed by atoms with E-state index in [1.54, 1.807) is 25.4 Å². The van der Waals surface area contributed by atoms with Gasteiger partial charge in [-0.3, -0.25) is 19.6 Å². The van der Waals surface area contributed by atoms with Crippen molar-refractivity contribution in [1.82, 2.24) is 20.5 Å². The maximum Gasteiger partial charge on any atom is 0.252 e. The van der Waals surface area contributed by atoms with Gasteiger partial charge in [0, 0.05) is 63.1 Å². The molecule has 2 aliphatic rings. The van der Waals surface area contributed by atoms with Gasteiger partial charge in [-0.25, -0.2) is 0 Å². The summed E-state index contributed by atoms with van der Waals surface area (Å²) in [5, 5.41) is 17.1. The summed E-state index contributed by atoms with van der Waals surface area (Å²) in [5.74, 6) is -0.0317. The number of amides is 2. The predicted octanol–water partition coefficient (Wildman–Crippen LogP) is 3.95. The molecule has 232 valence electrons. The molecule has 1 unspecified atom stereocenters. The summed E-state index contributed by atoms with van der Waals surface area (Å²) in [5.41, 5.74) is 9.25. The van der Waals surface area contributed by atoms with Crippen LogP contribution in [-0.4, -0.2) is 79.3 Å². The zero-order chi connectivity index (χ0) is 31.2. The van der Waals surface area contributed by atoms with E-state index in [4.69, 9.17) is 10.8 Å². The molecule has 11 nitrogen and oxygen atoms in total. The molecule has 2 heterocycles. The number of piperazine rings is 1. The quantitative estimate of drug-likeness (QED) is 0.206. The molecule has 1 aliphatic heterocycles. The number of hydrogen-bond acceptors (Lipinski definition) is 9. The fourth-order valence-electron chi connectivity index (χ4n) is 5.24. The normalized spacial score (nSPS) is 16.7. The molecule has 0 bridgehead atoms. The summed E-state index contributed by atoms with van der Waals surface area (Å²) in [6.07, 6.45) is 11.4. The Kier molecular flexibility index (Phi) is 13.0. The van der Waals surface area contributed by atoms with E-state index in [-0.39, 0.29) is 17.6 Å². The number of likely N-dealkylation sites (N-methyl/N-ethyl adjacent to an activating group) is 1. The van der Waals surface area contributed by atoms with Gasteiger partial charge in [0.15, 0.2) is 0 Å². The van der Waals surface area contributed by atoms with Crippen LogP contribution < -0.4 is 26.6 Å². The van der Waals surface area contributed by atoms with Gasteiger partial charge in [-0.05, 0) is 50.6 Å². The van der Waals surface area contributed by atoms with E-state index in [1.165, 1.54) is 19.3 Å². The van der Waals surface area contributed by atoms with E-state index in [0.29, 0.717) is 23.6 Å². The first kappa shape index (κ1) is 33.1. The van der Waals surface area contributed by atoms with E-state index in [0.717, 1.165) is 68.9 Å². The number of aliphatic imine (C=N–C) groups is 1. The first-order chi connectivity index (χ1) is 20.7. The maximum absolute atomic E-state index is 13.4. The Morgan fingerprint density at radius 3 is 2.56 bits per heavy atom. The van der Waals surface area contributed by atoms with E-state index in [2.05, 4.69) is 49.4 Å². The maximum atomic E-state index is 13.4. The molecule has 1 saturated heterocycles. The molecule has 0 spiro atoms. The third-order valence-corrected chi connectivity index (χ3v) is 7.43. The average Bonchev–Trinajstić information content (AvgIpc) is 3.50. The van der Waals surface area contributed by atoms with Crippen LogP contribution in [0.15, 0.2) is 72.0 Å². The van der Waals surface area contributed by atoms with Gasteiger partial charge in [-0.2, -0.15) is 0 Å². The summed E-state index contributed by atoms with van der Waals surface area (Å²) in [4.78, 5) is 39.4. The van der Waals surface area contributed by atoms with Crippen LogP contribution in [0.4, 0.5) is 17.1 Å². The van der Waals surface area contributed by atoms with Crippen LogP contribution in [0.25, 0.3) is 0 Å². The van der Waals surface area contributed by atoms with E-state index in [1.807, 2.05) is 24.4 Å². The minimum absolute atomic E-state index is 0.167. The minimum atomic E-state index is -0.681. The topological polar surface area (TPSA) is 148 Å². The number of aliphatic hydroxyl groups is 1. The Morgan fingerprint density at radius 2 is 1.91 bits per heavy atom. The van der Waals surface area contributed by atoms with Crippen LogP contribution in [0, 0.1) is 5.92 Å². The fourth-order valence-corrected chi connectivity index (χ4v) is 5.24. The summed E-state index contributed by atoms with van der Waals surface area (Å²) in [6.45, 7) is 8.52. The number of nitrogens with one attached hydrogen (secondary N) is 3. The molecule has 2 fully saturated rings. The highest BCUT2D eigenvalue weighted by Gasteiger charge is 2.27. The Bertz CT molecular complexity index is 1280. The first-order valence-corrected chi connectivity index (χ1v) is 14.7. The third-order valence-electron chi connectivity index (χ3n) is 7.43. The number of nitrogens with two attached hydrogens (primary N) is 1. The Balaban J connectivity index is 0.00000119. The first-order valence-electron chi connectivity index (χ1n) is 14.7. The lowest BCUT2D eigenvalue weighted by Crippen LogP contribution is -2.47. The lowest BCUT2D eigenvalue weighted by Gasteiger charge is -2.35. The lowest BCUT2D eigenvalue weighted by molar-refractivity contribution is -0.122. The number of allylic oxidation sites excluding steroid dienone is 2. The SMILES string of the molecule is C=C(C)O.CN=C/C(=C\N)NC(=O)C(CC1CCCC1)NC(=O)c1cccc(Nc2cnccc2N2CCN(C)CC2)c1. The Morgan fingerprint density at radius 1 is 1.21 bits per heavy atom. The van der Waals surface area contributed by atoms with E-state index in [9.17, 15) is 9.59 Å². The van der Waals surface area contributed by atoms with Crippen molar-refractivity contribution >= 4 is 35.1 Å². The van der Waals surface area contributed by atoms with Gasteiger partial charge in [-0.1, -0.05) is 38.3 Å². The molecule has 43 heavy (non-hydrogen) atoms. The summed E-state index contributed by atoms with van der Waals surface area (Å²) >= 11 is 0. The average molecular weight is 591 g/mol. The molecule has 6 N–H and O–H groups in total. The van der Waals surface area contributed by atoms with Crippen molar-refractivity contribution in [3.05, 3.63) is 72.5 Å². The molecule has 1 aromatic carbocycles. The van der Waals surface area contributed by atoms with E-state index >= 15 is 0 Å². The van der Waals surface area contributed by atoms with Crippen molar-refractivity contribution in [3.8, 4) is 0 Å². The number of carbonyl (C=O) groups is 2. The van der Waals surface area contributed by atoms with Crippen LogP contribution in [0.3, 0.4) is 0 Å². The largest absolute Gasteiger partial charge is 0.513 e. The van der Waals surface area contributed by atoms with Crippen LogP contribution in [0.1, 0.15) is 49.4 Å². The Hall–Kier alpha value is -4.38. The molecule has 1 aliphatic carbocycles. The van der Waals surface area contributed by atoms with Gasteiger partial charge in [0.25, 0.3) is 5.91 Å². The highest BCUT2D eigenvalue weighted by Crippen LogP contribution is 2.30. The van der Waals surface area contributed by atoms with Crippen LogP contribution >= 0.6 is 0 Å². The van der Waals surface area contributed by atoms with Crippen LogP contribution in [-0.2, 0) is 4.79 Å². The monoisotopic (exact) mass is 590 g/mol. The summed E-state index contributed by atoms with van der Waals surface area (Å²) < 4.78 is 0. The van der Waals surface area contributed by atoms with Crippen molar-refractivity contribution in [1.29, 1.82) is 0 Å². The molecular formula is C32H46N8O3. The van der Waals surface area contributed by atoms with Gasteiger partial charge in [-0.15, -0.1) is 0 Å². The molecule has 0 radical (unpaired) electrons.